The molecule has 0 N–H and O–H groups in total. The molecule has 2 unspecified atom stereocenters. The monoisotopic (exact) mass is 254 g/mol. The number of anilines is 1. The summed E-state index contributed by atoms with van der Waals surface area (Å²) in [5.41, 5.74) is 1.28. The summed E-state index contributed by atoms with van der Waals surface area (Å²) in [5, 5.41) is 0. The van der Waals surface area contributed by atoms with E-state index < -0.39 is 0 Å². The highest BCUT2D eigenvalue weighted by molar-refractivity contribution is 9.09. The van der Waals surface area contributed by atoms with Crippen LogP contribution in [-0.4, -0.2) is 22.4 Å². The first kappa shape index (κ1) is 9.97. The van der Waals surface area contributed by atoms with Crippen LogP contribution >= 0.6 is 15.9 Å². The molecule has 3 heteroatoms. The molecular weight excluding hydrogens is 240 g/mol. The fraction of sp³-hybridized carbons (Fsp3) is 0.545. The second kappa shape index (κ2) is 3.89. The molecule has 1 aliphatic heterocycles. The van der Waals surface area contributed by atoms with Crippen LogP contribution in [0.5, 0.6) is 0 Å². The number of aromatic nitrogens is 1. The zero-order valence-electron chi connectivity index (χ0n) is 8.57. The topological polar surface area (TPSA) is 16.1 Å². The predicted molar refractivity (Wildman–Crippen MR) is 63.1 cm³/mol. The number of alkyl halides is 1. The molecule has 1 aliphatic rings. The third-order valence-electron chi connectivity index (χ3n) is 2.72. The quantitative estimate of drug-likeness (QED) is 0.717. The highest BCUT2D eigenvalue weighted by Gasteiger charge is 2.27. The first-order valence-electron chi connectivity index (χ1n) is 5.00. The first-order valence-corrected chi connectivity index (χ1v) is 5.92. The maximum absolute atomic E-state index is 4.41. The maximum atomic E-state index is 4.41. The third kappa shape index (κ3) is 1.92. The van der Waals surface area contributed by atoms with Crippen LogP contribution in [0.15, 0.2) is 18.3 Å². The zero-order valence-corrected chi connectivity index (χ0v) is 10.2. The molecule has 0 radical (unpaired) electrons. The van der Waals surface area contributed by atoms with Crippen LogP contribution in [-0.2, 0) is 0 Å². The lowest BCUT2D eigenvalue weighted by molar-refractivity contribution is 0.730. The zero-order chi connectivity index (χ0) is 10.1. The highest BCUT2D eigenvalue weighted by atomic mass is 79.9. The van der Waals surface area contributed by atoms with Crippen LogP contribution in [0.3, 0.4) is 0 Å². The molecule has 2 rings (SSSR count). The van der Waals surface area contributed by atoms with E-state index in [1.165, 1.54) is 12.0 Å². The van der Waals surface area contributed by atoms with E-state index in [1.807, 2.05) is 12.3 Å². The molecule has 1 saturated heterocycles. The van der Waals surface area contributed by atoms with Crippen molar-refractivity contribution in [2.24, 2.45) is 0 Å². The Labute approximate surface area is 93.5 Å². The Bertz CT molecular complexity index is 327. The van der Waals surface area contributed by atoms with Crippen molar-refractivity contribution in [1.82, 2.24) is 4.98 Å². The lowest BCUT2D eigenvalue weighted by Crippen LogP contribution is -2.27. The fourth-order valence-corrected chi connectivity index (χ4v) is 2.81. The van der Waals surface area contributed by atoms with Crippen molar-refractivity contribution in [3.63, 3.8) is 0 Å². The van der Waals surface area contributed by atoms with Gasteiger partial charge in [-0.2, -0.15) is 0 Å². The molecule has 0 amide bonds. The van der Waals surface area contributed by atoms with Crippen molar-refractivity contribution in [2.75, 3.05) is 11.4 Å². The van der Waals surface area contributed by atoms with Gasteiger partial charge in [-0.1, -0.05) is 15.9 Å². The van der Waals surface area contributed by atoms with Gasteiger partial charge in [-0.25, -0.2) is 4.98 Å². The van der Waals surface area contributed by atoms with Crippen LogP contribution in [0, 0.1) is 6.92 Å². The molecule has 2 atom stereocenters. The summed E-state index contributed by atoms with van der Waals surface area (Å²) in [5.74, 6) is 1.11. The molecule has 2 heterocycles. The van der Waals surface area contributed by atoms with Gasteiger partial charge in [-0.3, -0.25) is 0 Å². The summed E-state index contributed by atoms with van der Waals surface area (Å²) in [6.45, 7) is 5.43. The second-order valence-corrected chi connectivity index (χ2v) is 5.32. The van der Waals surface area contributed by atoms with E-state index in [-0.39, 0.29) is 0 Å². The maximum Gasteiger partial charge on any atom is 0.129 e. The van der Waals surface area contributed by atoms with Crippen LogP contribution in [0.2, 0.25) is 0 Å². The lowest BCUT2D eigenvalue weighted by atomic mass is 10.2. The lowest BCUT2D eigenvalue weighted by Gasteiger charge is -2.22. The Morgan fingerprint density at radius 2 is 2.36 bits per heavy atom. The number of aryl methyl sites for hydroxylation is 1. The van der Waals surface area contributed by atoms with E-state index in [2.05, 4.69) is 45.7 Å². The molecule has 0 aromatic carbocycles. The Balaban J connectivity index is 2.23. The summed E-state index contributed by atoms with van der Waals surface area (Å²) in [6.07, 6.45) is 3.09. The van der Waals surface area contributed by atoms with Crippen molar-refractivity contribution in [3.8, 4) is 0 Å². The summed E-state index contributed by atoms with van der Waals surface area (Å²) in [6, 6.07) is 4.78. The molecular formula is C11H15BrN2. The predicted octanol–water partition coefficient (Wildman–Crippen LogP) is 2.75. The standard InChI is InChI=1S/C11H15BrN2/c1-8-3-4-13-11(5-8)14-7-10(12)6-9(14)2/h3-5,9-10H,6-7H2,1-2H3. The van der Waals surface area contributed by atoms with Crippen LogP contribution < -0.4 is 4.90 Å². The van der Waals surface area contributed by atoms with E-state index in [9.17, 15) is 0 Å². The SMILES string of the molecule is Cc1ccnc(N2CC(Br)CC2C)c1. The molecule has 1 fully saturated rings. The normalized spacial score (nSPS) is 26.9. The minimum absolute atomic E-state index is 0.591. The van der Waals surface area contributed by atoms with Crippen LogP contribution in [0.1, 0.15) is 18.9 Å². The number of nitrogens with zero attached hydrogens (tertiary/aromatic N) is 2. The molecule has 0 bridgehead atoms. The number of hydrogen-bond donors (Lipinski definition) is 0. The van der Waals surface area contributed by atoms with Gasteiger partial charge in [0.05, 0.1) is 0 Å². The second-order valence-electron chi connectivity index (χ2n) is 4.03. The molecule has 2 nitrogen and oxygen atoms in total. The van der Waals surface area contributed by atoms with Crippen molar-refractivity contribution in [1.29, 1.82) is 0 Å². The molecule has 1 aromatic heterocycles. The molecule has 1 aromatic rings. The van der Waals surface area contributed by atoms with E-state index in [1.54, 1.807) is 0 Å². The summed E-state index contributed by atoms with van der Waals surface area (Å²) < 4.78 is 0. The molecule has 0 saturated carbocycles. The molecule has 76 valence electrons. The Morgan fingerprint density at radius 3 is 2.93 bits per heavy atom. The van der Waals surface area contributed by atoms with Gasteiger partial charge in [-0.15, -0.1) is 0 Å². The Hall–Kier alpha value is -0.570. The van der Waals surface area contributed by atoms with Gasteiger partial charge in [0, 0.05) is 23.6 Å². The van der Waals surface area contributed by atoms with Gasteiger partial charge in [0.25, 0.3) is 0 Å². The number of hydrogen-bond acceptors (Lipinski definition) is 2. The van der Waals surface area contributed by atoms with Crippen LogP contribution in [0.25, 0.3) is 0 Å². The number of halogens is 1. The van der Waals surface area contributed by atoms with Crippen molar-refractivity contribution in [2.45, 2.75) is 31.1 Å². The van der Waals surface area contributed by atoms with Gasteiger partial charge in [0.1, 0.15) is 5.82 Å². The van der Waals surface area contributed by atoms with Crippen LogP contribution in [0.4, 0.5) is 5.82 Å². The van der Waals surface area contributed by atoms with E-state index in [0.717, 1.165) is 12.4 Å². The number of pyridine rings is 1. The van der Waals surface area contributed by atoms with Gasteiger partial charge in [-0.05, 0) is 38.0 Å². The summed E-state index contributed by atoms with van der Waals surface area (Å²) >= 11 is 3.67. The van der Waals surface area contributed by atoms with E-state index >= 15 is 0 Å². The average molecular weight is 255 g/mol. The van der Waals surface area contributed by atoms with Crippen molar-refractivity contribution < 1.29 is 0 Å². The van der Waals surface area contributed by atoms with Gasteiger partial charge in [0.15, 0.2) is 0 Å². The van der Waals surface area contributed by atoms with Gasteiger partial charge < -0.3 is 4.90 Å². The summed E-state index contributed by atoms with van der Waals surface area (Å²) in [4.78, 5) is 7.39. The Morgan fingerprint density at radius 1 is 1.57 bits per heavy atom. The van der Waals surface area contributed by atoms with Crippen molar-refractivity contribution in [3.05, 3.63) is 23.9 Å². The largest absolute Gasteiger partial charge is 0.353 e. The average Bonchev–Trinajstić information content (AvgIpc) is 2.45. The smallest absolute Gasteiger partial charge is 0.129 e. The highest BCUT2D eigenvalue weighted by Crippen LogP contribution is 2.27. The minimum Gasteiger partial charge on any atom is -0.353 e. The molecule has 14 heavy (non-hydrogen) atoms. The number of rotatable bonds is 1. The first-order chi connectivity index (χ1) is 6.66. The minimum atomic E-state index is 0.591. The van der Waals surface area contributed by atoms with Gasteiger partial charge >= 0.3 is 0 Å². The van der Waals surface area contributed by atoms with E-state index in [0.29, 0.717) is 10.9 Å². The molecule has 0 aliphatic carbocycles. The van der Waals surface area contributed by atoms with Crippen molar-refractivity contribution >= 4 is 21.7 Å². The van der Waals surface area contributed by atoms with Gasteiger partial charge in [0.2, 0.25) is 0 Å². The Kier molecular flexibility index (Phi) is 2.77. The summed E-state index contributed by atoms with van der Waals surface area (Å²) in [7, 11) is 0. The molecule has 0 spiro atoms. The fourth-order valence-electron chi connectivity index (χ4n) is 1.96. The van der Waals surface area contributed by atoms with E-state index in [4.69, 9.17) is 0 Å². The third-order valence-corrected chi connectivity index (χ3v) is 3.38.